The number of carboxylic acid groups (broad SMARTS) is 1. The summed E-state index contributed by atoms with van der Waals surface area (Å²) in [6, 6.07) is 10.8. The van der Waals surface area contributed by atoms with Crippen LogP contribution < -0.4 is 0 Å². The van der Waals surface area contributed by atoms with Gasteiger partial charge in [0.1, 0.15) is 11.9 Å². The molecule has 0 aliphatic carbocycles. The first kappa shape index (κ1) is 23.8. The Bertz CT molecular complexity index is 972. The first-order chi connectivity index (χ1) is 14.5. The monoisotopic (exact) mass is 463 g/mol. The molecule has 2 aromatic rings. The molecule has 166 valence electrons. The van der Waals surface area contributed by atoms with Crippen molar-refractivity contribution >= 4 is 29.2 Å². The van der Waals surface area contributed by atoms with Crippen LogP contribution in [0.4, 0.5) is 4.39 Å². The average molecular weight is 464 g/mol. The molecule has 0 bridgehead atoms. The standard InChI is InChI=1S/C25H28Cl2FNO2/c1-5-11-29-20(14-25(2,3)4)22(18-10-9-17(27)13-19(18)28)21(23(29)24(30)31)15-7-6-8-16(26)12-15/h5-10,12-13,20-23H,1,11,14H2,2-4H3,(H,30,31). The number of aliphatic carboxylic acids is 1. The predicted molar refractivity (Wildman–Crippen MR) is 125 cm³/mol. The van der Waals surface area contributed by atoms with Crippen LogP contribution in [0.1, 0.15) is 50.2 Å². The summed E-state index contributed by atoms with van der Waals surface area (Å²) in [4.78, 5) is 14.5. The third-order valence-corrected chi connectivity index (χ3v) is 6.36. The van der Waals surface area contributed by atoms with Crippen LogP contribution in [0.2, 0.25) is 10.0 Å². The van der Waals surface area contributed by atoms with Gasteiger partial charge in [0.15, 0.2) is 0 Å². The van der Waals surface area contributed by atoms with E-state index in [-0.39, 0.29) is 11.5 Å². The lowest BCUT2D eigenvalue weighted by molar-refractivity contribution is -0.143. The third-order valence-electron chi connectivity index (χ3n) is 5.89. The summed E-state index contributed by atoms with van der Waals surface area (Å²) in [6.45, 7) is 10.6. The Balaban J connectivity index is 2.27. The first-order valence-corrected chi connectivity index (χ1v) is 11.1. The van der Waals surface area contributed by atoms with Crippen molar-refractivity contribution in [1.82, 2.24) is 4.90 Å². The van der Waals surface area contributed by atoms with Crippen molar-refractivity contribution < 1.29 is 14.3 Å². The Morgan fingerprint density at radius 3 is 2.39 bits per heavy atom. The van der Waals surface area contributed by atoms with Crippen LogP contribution in [-0.4, -0.2) is 34.6 Å². The zero-order valence-corrected chi connectivity index (χ0v) is 19.5. The minimum absolute atomic E-state index is 0.0997. The lowest BCUT2D eigenvalue weighted by Crippen LogP contribution is -2.43. The Morgan fingerprint density at radius 1 is 1.16 bits per heavy atom. The smallest absolute Gasteiger partial charge is 0.321 e. The molecule has 1 aliphatic rings. The Morgan fingerprint density at radius 2 is 1.84 bits per heavy atom. The molecule has 6 heteroatoms. The number of benzene rings is 2. The van der Waals surface area contributed by atoms with Crippen molar-refractivity contribution in [3.8, 4) is 0 Å². The highest BCUT2D eigenvalue weighted by Crippen LogP contribution is 2.52. The van der Waals surface area contributed by atoms with Gasteiger partial charge < -0.3 is 5.11 Å². The van der Waals surface area contributed by atoms with Crippen molar-refractivity contribution in [2.75, 3.05) is 6.54 Å². The van der Waals surface area contributed by atoms with Crippen LogP contribution in [0.25, 0.3) is 0 Å². The maximum absolute atomic E-state index is 15.2. The molecule has 0 spiro atoms. The number of rotatable bonds is 6. The fourth-order valence-corrected chi connectivity index (χ4v) is 5.25. The SMILES string of the molecule is C=CCN1C(CC(C)(C)C)C(c2ccc(Cl)cc2F)C(c2cccc(Cl)c2)C1C(=O)O. The second-order valence-corrected chi connectivity index (χ2v) is 10.2. The van der Waals surface area contributed by atoms with E-state index in [1.165, 1.54) is 6.07 Å². The van der Waals surface area contributed by atoms with E-state index in [4.69, 9.17) is 23.2 Å². The molecule has 1 saturated heterocycles. The molecule has 0 aromatic heterocycles. The number of likely N-dealkylation sites (tertiary alicyclic amines) is 1. The van der Waals surface area contributed by atoms with Crippen LogP contribution >= 0.6 is 23.2 Å². The van der Waals surface area contributed by atoms with E-state index in [0.717, 1.165) is 5.56 Å². The molecular formula is C25H28Cl2FNO2. The van der Waals surface area contributed by atoms with Crippen LogP contribution in [0.3, 0.4) is 0 Å². The van der Waals surface area contributed by atoms with Gasteiger partial charge in [0.25, 0.3) is 0 Å². The summed E-state index contributed by atoms with van der Waals surface area (Å²) in [5.74, 6) is -2.24. The maximum atomic E-state index is 15.2. The molecule has 1 fully saturated rings. The second-order valence-electron chi connectivity index (χ2n) is 9.37. The lowest BCUT2D eigenvalue weighted by atomic mass is 9.74. The minimum atomic E-state index is -0.942. The molecule has 31 heavy (non-hydrogen) atoms. The van der Waals surface area contributed by atoms with Gasteiger partial charge in [-0.2, -0.15) is 0 Å². The highest BCUT2D eigenvalue weighted by molar-refractivity contribution is 6.30. The molecule has 1 N–H and O–H groups in total. The van der Waals surface area contributed by atoms with Crippen LogP contribution in [0, 0.1) is 11.2 Å². The van der Waals surface area contributed by atoms with Crippen molar-refractivity contribution in [2.24, 2.45) is 5.41 Å². The Kier molecular flexibility index (Phi) is 7.14. The molecule has 1 aliphatic heterocycles. The number of halogens is 3. The van der Waals surface area contributed by atoms with Crippen LogP contribution in [0.5, 0.6) is 0 Å². The Hall–Kier alpha value is -1.88. The van der Waals surface area contributed by atoms with Crippen molar-refractivity contribution in [3.05, 3.63) is 82.1 Å². The number of hydrogen-bond donors (Lipinski definition) is 1. The van der Waals surface area contributed by atoms with Gasteiger partial charge in [-0.25, -0.2) is 4.39 Å². The fourth-order valence-electron chi connectivity index (χ4n) is 4.90. The zero-order chi connectivity index (χ0) is 22.9. The van der Waals surface area contributed by atoms with Gasteiger partial charge in [-0.05, 0) is 47.2 Å². The van der Waals surface area contributed by atoms with Crippen LogP contribution in [-0.2, 0) is 4.79 Å². The van der Waals surface area contributed by atoms with Crippen molar-refractivity contribution in [2.45, 2.75) is 51.1 Å². The minimum Gasteiger partial charge on any atom is -0.480 e. The third kappa shape index (κ3) is 5.14. The van der Waals surface area contributed by atoms with Crippen molar-refractivity contribution in [1.29, 1.82) is 0 Å². The average Bonchev–Trinajstić information content (AvgIpc) is 2.95. The van der Waals surface area contributed by atoms with Gasteiger partial charge in [0.05, 0.1) is 0 Å². The quantitative estimate of drug-likeness (QED) is 0.481. The molecule has 0 saturated carbocycles. The normalized spacial score (nSPS) is 24.3. The van der Waals surface area contributed by atoms with E-state index in [1.54, 1.807) is 36.4 Å². The van der Waals surface area contributed by atoms with E-state index in [9.17, 15) is 9.90 Å². The molecule has 3 nitrogen and oxygen atoms in total. The van der Waals surface area contributed by atoms with E-state index in [1.807, 2.05) is 11.0 Å². The van der Waals surface area contributed by atoms with Crippen LogP contribution in [0.15, 0.2) is 55.1 Å². The maximum Gasteiger partial charge on any atom is 0.321 e. The molecule has 0 amide bonds. The van der Waals surface area contributed by atoms with E-state index >= 15 is 4.39 Å². The summed E-state index contributed by atoms with van der Waals surface area (Å²) in [6.07, 6.45) is 2.40. The second kappa shape index (κ2) is 9.32. The summed E-state index contributed by atoms with van der Waals surface area (Å²) in [7, 11) is 0. The summed E-state index contributed by atoms with van der Waals surface area (Å²) in [5, 5.41) is 11.1. The predicted octanol–water partition coefficient (Wildman–Crippen LogP) is 6.76. The first-order valence-electron chi connectivity index (χ1n) is 10.3. The largest absolute Gasteiger partial charge is 0.480 e. The Labute approximate surface area is 193 Å². The number of carboxylic acids is 1. The molecule has 2 aromatic carbocycles. The lowest BCUT2D eigenvalue weighted by Gasteiger charge is -2.34. The van der Waals surface area contributed by atoms with Gasteiger partial charge in [-0.3, -0.25) is 9.69 Å². The molecule has 4 unspecified atom stereocenters. The molecule has 3 rings (SSSR count). The van der Waals surface area contributed by atoms with Crippen molar-refractivity contribution in [3.63, 3.8) is 0 Å². The highest BCUT2D eigenvalue weighted by atomic mass is 35.5. The molecular weight excluding hydrogens is 436 g/mol. The number of hydrogen-bond acceptors (Lipinski definition) is 2. The van der Waals surface area contributed by atoms with Gasteiger partial charge in [0, 0.05) is 34.5 Å². The van der Waals surface area contributed by atoms with E-state index in [0.29, 0.717) is 28.6 Å². The number of carbonyl (C=O) groups is 1. The summed E-state index contributed by atoms with van der Waals surface area (Å²) < 4.78 is 15.2. The van der Waals surface area contributed by atoms with E-state index < -0.39 is 29.7 Å². The topological polar surface area (TPSA) is 40.5 Å². The van der Waals surface area contributed by atoms with Gasteiger partial charge in [0.2, 0.25) is 0 Å². The molecule has 4 atom stereocenters. The van der Waals surface area contributed by atoms with Gasteiger partial charge in [-0.15, -0.1) is 6.58 Å². The summed E-state index contributed by atoms with van der Waals surface area (Å²) in [5.41, 5.74) is 1.16. The van der Waals surface area contributed by atoms with E-state index in [2.05, 4.69) is 27.4 Å². The van der Waals surface area contributed by atoms with Gasteiger partial charge >= 0.3 is 5.97 Å². The molecule has 1 heterocycles. The molecule has 0 radical (unpaired) electrons. The zero-order valence-electron chi connectivity index (χ0n) is 18.0. The fraction of sp³-hybridized carbons (Fsp3) is 0.400. The highest BCUT2D eigenvalue weighted by Gasteiger charge is 2.53. The van der Waals surface area contributed by atoms with Gasteiger partial charge in [-0.1, -0.05) is 68.2 Å². The number of nitrogens with zero attached hydrogens (tertiary/aromatic N) is 1. The summed E-state index contributed by atoms with van der Waals surface area (Å²) >= 11 is 12.3.